The maximum Gasteiger partial charge on any atom is 0.316 e. The van der Waals surface area contributed by atoms with Crippen molar-refractivity contribution in [3.63, 3.8) is 0 Å². The third kappa shape index (κ3) is 11.7. The Bertz CT molecular complexity index is 600. The van der Waals surface area contributed by atoms with E-state index in [-0.39, 0.29) is 49.3 Å². The topological polar surface area (TPSA) is 112 Å². The molecule has 0 aromatic heterocycles. The molecule has 14 heteroatoms. The van der Waals surface area contributed by atoms with E-state index in [0.717, 1.165) is 0 Å². The summed E-state index contributed by atoms with van der Waals surface area (Å²) in [6, 6.07) is 0. The van der Waals surface area contributed by atoms with Gasteiger partial charge in [0.2, 0.25) is 0 Å². The molecule has 0 spiro atoms. The smallest absolute Gasteiger partial charge is 0.316 e. The van der Waals surface area contributed by atoms with Crippen molar-refractivity contribution in [1.29, 1.82) is 0 Å². The fraction of sp³-hybridized carbons (Fsp3) is 0.647. The summed E-state index contributed by atoms with van der Waals surface area (Å²) >= 11 is 15.4. The number of hydrogen-bond acceptors (Lipinski definition) is 14. The van der Waals surface area contributed by atoms with Crippen molar-refractivity contribution in [3.8, 4) is 0 Å². The maximum absolute atomic E-state index is 11.6. The fourth-order valence-corrected chi connectivity index (χ4v) is 2.77. The highest BCUT2D eigenvalue weighted by Gasteiger charge is 2.25. The van der Waals surface area contributed by atoms with E-state index in [1.165, 1.54) is 0 Å². The molecule has 0 fully saturated rings. The minimum atomic E-state index is -0.706. The summed E-state index contributed by atoms with van der Waals surface area (Å²) in [5, 5.41) is 0. The average molecular weight is 515 g/mol. The molecule has 1 rings (SSSR count). The molecule has 2 atom stereocenters. The molecule has 0 amide bonds. The van der Waals surface area contributed by atoms with Crippen LogP contribution in [0, 0.1) is 0 Å². The van der Waals surface area contributed by atoms with Crippen molar-refractivity contribution in [1.82, 2.24) is 9.80 Å². The van der Waals surface area contributed by atoms with Crippen LogP contribution in [-0.2, 0) is 38.1 Å². The standard InChI is InChI=1S/C17H26N2O8S4/c20-14(7-28)24-5-12(26-16(22)9-30)3-18-1-2-19(11-18)4-13(27-17(23)10-31)6-25-15(21)8-29/h1-2,12-13,28-31H,3-11H2. The summed E-state index contributed by atoms with van der Waals surface area (Å²) in [6.45, 7) is 0.644. The molecule has 1 aliphatic rings. The summed E-state index contributed by atoms with van der Waals surface area (Å²) in [4.78, 5) is 49.5. The first-order valence-electron chi connectivity index (χ1n) is 9.11. The minimum Gasteiger partial charge on any atom is -0.461 e. The van der Waals surface area contributed by atoms with Crippen LogP contribution >= 0.6 is 50.5 Å². The first-order chi connectivity index (χ1) is 14.8. The zero-order chi connectivity index (χ0) is 23.2. The quantitative estimate of drug-likeness (QED) is 0.140. The predicted octanol–water partition coefficient (Wildman–Crippen LogP) is -0.338. The fourth-order valence-electron chi connectivity index (χ4n) is 2.43. The molecule has 0 saturated heterocycles. The molecule has 31 heavy (non-hydrogen) atoms. The van der Waals surface area contributed by atoms with Gasteiger partial charge >= 0.3 is 23.9 Å². The number of ether oxygens (including phenoxy) is 4. The number of carbonyl (C=O) groups is 4. The molecule has 10 nitrogen and oxygen atoms in total. The molecule has 0 radical (unpaired) electrons. The van der Waals surface area contributed by atoms with Gasteiger partial charge < -0.3 is 28.7 Å². The van der Waals surface area contributed by atoms with E-state index in [4.69, 9.17) is 18.9 Å². The van der Waals surface area contributed by atoms with E-state index in [9.17, 15) is 19.2 Å². The Balaban J connectivity index is 2.62. The van der Waals surface area contributed by atoms with Crippen LogP contribution < -0.4 is 0 Å². The van der Waals surface area contributed by atoms with Crippen LogP contribution in [0.5, 0.6) is 0 Å². The Hall–Kier alpha value is -1.38. The molecule has 1 heterocycles. The van der Waals surface area contributed by atoms with Gasteiger partial charge in [0, 0.05) is 12.4 Å². The first-order valence-corrected chi connectivity index (χ1v) is 11.6. The summed E-state index contributed by atoms with van der Waals surface area (Å²) in [5.41, 5.74) is 0. The SMILES string of the molecule is O=C(CS)OCC(CN1C=CN(CC(COC(=O)CS)OC(=O)CS)C1)OC(=O)CS. The number of thiol groups is 4. The molecule has 2 unspecified atom stereocenters. The molecule has 0 aliphatic carbocycles. The molecule has 0 saturated carbocycles. The Morgan fingerprint density at radius 3 is 1.35 bits per heavy atom. The monoisotopic (exact) mass is 514 g/mol. The van der Waals surface area contributed by atoms with Gasteiger partial charge in [-0.05, 0) is 0 Å². The number of nitrogens with zero attached hydrogens (tertiary/aromatic N) is 2. The Labute approximate surface area is 202 Å². The van der Waals surface area contributed by atoms with Gasteiger partial charge in [0.05, 0.1) is 42.8 Å². The lowest BCUT2D eigenvalue weighted by Crippen LogP contribution is -2.40. The van der Waals surface area contributed by atoms with Crippen LogP contribution in [0.15, 0.2) is 12.4 Å². The predicted molar refractivity (Wildman–Crippen MR) is 125 cm³/mol. The van der Waals surface area contributed by atoms with E-state index in [0.29, 0.717) is 6.67 Å². The molecule has 0 bridgehead atoms. The number of esters is 4. The highest BCUT2D eigenvalue weighted by Crippen LogP contribution is 2.12. The van der Waals surface area contributed by atoms with Crippen LogP contribution in [0.4, 0.5) is 0 Å². The van der Waals surface area contributed by atoms with E-state index in [2.05, 4.69) is 50.5 Å². The van der Waals surface area contributed by atoms with E-state index in [1.807, 2.05) is 9.80 Å². The van der Waals surface area contributed by atoms with Crippen LogP contribution in [0.3, 0.4) is 0 Å². The molecular formula is C17H26N2O8S4. The second kappa shape index (κ2) is 15.4. The van der Waals surface area contributed by atoms with Crippen molar-refractivity contribution in [2.75, 3.05) is 56.0 Å². The van der Waals surface area contributed by atoms with Gasteiger partial charge in [-0.25, -0.2) is 0 Å². The Morgan fingerprint density at radius 2 is 1.03 bits per heavy atom. The molecule has 1 aliphatic heterocycles. The number of rotatable bonds is 14. The number of carbonyl (C=O) groups excluding carboxylic acids is 4. The zero-order valence-electron chi connectivity index (χ0n) is 16.6. The average Bonchev–Trinajstić information content (AvgIpc) is 3.21. The van der Waals surface area contributed by atoms with Crippen molar-refractivity contribution in [3.05, 3.63) is 12.4 Å². The van der Waals surface area contributed by atoms with Gasteiger partial charge in [0.15, 0.2) is 12.2 Å². The van der Waals surface area contributed by atoms with Crippen LogP contribution in [-0.4, -0.2) is 102 Å². The molecular weight excluding hydrogens is 488 g/mol. The summed E-state index contributed by atoms with van der Waals surface area (Å²) in [5.74, 6) is -2.54. The van der Waals surface area contributed by atoms with Crippen molar-refractivity contribution >= 4 is 74.4 Å². The van der Waals surface area contributed by atoms with Crippen LogP contribution in [0.25, 0.3) is 0 Å². The van der Waals surface area contributed by atoms with Crippen molar-refractivity contribution in [2.45, 2.75) is 12.2 Å². The highest BCUT2D eigenvalue weighted by atomic mass is 32.1. The maximum atomic E-state index is 11.6. The second-order valence-corrected chi connectivity index (χ2v) is 7.47. The normalized spacial score (nSPS) is 14.7. The molecule has 0 N–H and O–H groups in total. The molecule has 0 aromatic carbocycles. The largest absolute Gasteiger partial charge is 0.461 e. The van der Waals surface area contributed by atoms with E-state index < -0.39 is 36.1 Å². The van der Waals surface area contributed by atoms with Gasteiger partial charge in [-0.1, -0.05) is 0 Å². The first kappa shape index (κ1) is 27.7. The van der Waals surface area contributed by atoms with Crippen LogP contribution in [0.2, 0.25) is 0 Å². The summed E-state index contributed by atoms with van der Waals surface area (Å²) < 4.78 is 20.6. The third-order valence-corrected chi connectivity index (χ3v) is 4.73. The summed E-state index contributed by atoms with van der Waals surface area (Å²) in [6.07, 6.45) is 2.09. The minimum absolute atomic E-state index is 0.0885. The lowest BCUT2D eigenvalue weighted by atomic mass is 10.3. The van der Waals surface area contributed by atoms with E-state index >= 15 is 0 Å². The van der Waals surface area contributed by atoms with Crippen molar-refractivity contribution < 1.29 is 38.1 Å². The molecule has 0 aromatic rings. The Kier molecular flexibility index (Phi) is 13.8. The van der Waals surface area contributed by atoms with Gasteiger partial charge in [-0.3, -0.25) is 19.2 Å². The lowest BCUT2D eigenvalue weighted by Gasteiger charge is -2.27. The van der Waals surface area contributed by atoms with Crippen molar-refractivity contribution in [2.24, 2.45) is 0 Å². The van der Waals surface area contributed by atoms with Gasteiger partial charge in [-0.2, -0.15) is 50.5 Å². The van der Waals surface area contributed by atoms with E-state index in [1.54, 1.807) is 12.4 Å². The summed E-state index contributed by atoms with van der Waals surface area (Å²) in [7, 11) is 0. The van der Waals surface area contributed by atoms with Gasteiger partial charge in [-0.15, -0.1) is 0 Å². The third-order valence-electron chi connectivity index (χ3n) is 3.70. The lowest BCUT2D eigenvalue weighted by molar-refractivity contribution is -0.157. The highest BCUT2D eigenvalue weighted by molar-refractivity contribution is 7.81. The van der Waals surface area contributed by atoms with Gasteiger partial charge in [0.1, 0.15) is 13.2 Å². The Morgan fingerprint density at radius 1 is 0.677 bits per heavy atom. The second-order valence-electron chi connectivity index (χ2n) is 6.20. The molecule has 176 valence electrons. The van der Waals surface area contributed by atoms with Crippen LogP contribution in [0.1, 0.15) is 0 Å². The zero-order valence-corrected chi connectivity index (χ0v) is 20.2. The number of hydrogen-bond donors (Lipinski definition) is 4. The van der Waals surface area contributed by atoms with Gasteiger partial charge in [0.25, 0.3) is 0 Å².